The monoisotopic (exact) mass is 431 g/mol. The van der Waals surface area contributed by atoms with Gasteiger partial charge in [0.15, 0.2) is 0 Å². The van der Waals surface area contributed by atoms with Gasteiger partial charge in [-0.25, -0.2) is 4.98 Å². The molecule has 1 aromatic rings. The molecule has 2 saturated heterocycles. The summed E-state index contributed by atoms with van der Waals surface area (Å²) in [7, 11) is 3.37. The molecule has 0 N–H and O–H groups in total. The van der Waals surface area contributed by atoms with Crippen LogP contribution in [0.5, 0.6) is 5.88 Å². The number of likely N-dealkylation sites (tertiary alicyclic amines) is 1. The summed E-state index contributed by atoms with van der Waals surface area (Å²) in [6, 6.07) is 2.03. The van der Waals surface area contributed by atoms with Crippen LogP contribution in [0.2, 0.25) is 0 Å². The molecular weight excluding hydrogens is 394 g/mol. The SMILES string of the molecule is COCCN1CCC(CN(CC2CCCO2)C(=O)c2cc3c(nc2OC)CCC3)CC1. The number of methoxy groups -OCH3 is 2. The summed E-state index contributed by atoms with van der Waals surface area (Å²) in [6.07, 6.45) is 7.54. The zero-order valence-electron chi connectivity index (χ0n) is 19.1. The number of hydrogen-bond donors (Lipinski definition) is 0. The second-order valence-corrected chi connectivity index (χ2v) is 9.13. The molecule has 0 radical (unpaired) electrons. The van der Waals surface area contributed by atoms with Crippen LogP contribution in [-0.2, 0) is 22.3 Å². The van der Waals surface area contributed by atoms with Crippen LogP contribution in [0.25, 0.3) is 0 Å². The number of carbonyl (C=O) groups is 1. The Morgan fingerprint density at radius 3 is 2.74 bits per heavy atom. The molecule has 1 atom stereocenters. The minimum atomic E-state index is 0.0383. The highest BCUT2D eigenvalue weighted by molar-refractivity contribution is 5.96. The number of aromatic nitrogens is 1. The molecule has 7 nitrogen and oxygen atoms in total. The Bertz CT molecular complexity index is 743. The molecular formula is C24H37N3O4. The Kier molecular flexibility index (Phi) is 7.80. The van der Waals surface area contributed by atoms with E-state index in [-0.39, 0.29) is 12.0 Å². The van der Waals surface area contributed by atoms with Crippen LogP contribution in [0.3, 0.4) is 0 Å². The smallest absolute Gasteiger partial charge is 0.259 e. The average molecular weight is 432 g/mol. The van der Waals surface area contributed by atoms with Crippen molar-refractivity contribution in [1.82, 2.24) is 14.8 Å². The Morgan fingerprint density at radius 1 is 1.19 bits per heavy atom. The number of fused-ring (bicyclic) bond motifs is 1. The minimum absolute atomic E-state index is 0.0383. The van der Waals surface area contributed by atoms with Crippen molar-refractivity contribution in [2.45, 2.75) is 51.0 Å². The van der Waals surface area contributed by atoms with Crippen LogP contribution in [0.1, 0.15) is 53.7 Å². The summed E-state index contributed by atoms with van der Waals surface area (Å²) in [6.45, 7) is 6.13. The van der Waals surface area contributed by atoms with Gasteiger partial charge in [-0.05, 0) is 75.6 Å². The summed E-state index contributed by atoms with van der Waals surface area (Å²) in [5.41, 5.74) is 2.90. The zero-order chi connectivity index (χ0) is 21.6. The lowest BCUT2D eigenvalue weighted by molar-refractivity contribution is 0.0434. The van der Waals surface area contributed by atoms with E-state index in [4.69, 9.17) is 14.2 Å². The van der Waals surface area contributed by atoms with Crippen molar-refractivity contribution in [1.29, 1.82) is 0 Å². The van der Waals surface area contributed by atoms with Crippen molar-refractivity contribution in [3.05, 3.63) is 22.9 Å². The Morgan fingerprint density at radius 2 is 2.03 bits per heavy atom. The Labute approximate surface area is 186 Å². The molecule has 172 valence electrons. The number of rotatable bonds is 9. The van der Waals surface area contributed by atoms with E-state index in [1.54, 1.807) is 14.2 Å². The van der Waals surface area contributed by atoms with E-state index in [0.29, 0.717) is 23.9 Å². The summed E-state index contributed by atoms with van der Waals surface area (Å²) < 4.78 is 16.7. The fourth-order valence-electron chi connectivity index (χ4n) is 5.13. The molecule has 3 aliphatic rings. The van der Waals surface area contributed by atoms with Gasteiger partial charge in [0.2, 0.25) is 5.88 Å². The molecule has 4 rings (SSSR count). The number of nitrogens with zero attached hydrogens (tertiary/aromatic N) is 3. The molecule has 1 aliphatic carbocycles. The lowest BCUT2D eigenvalue weighted by Crippen LogP contribution is -2.44. The van der Waals surface area contributed by atoms with Gasteiger partial charge in [0.05, 0.1) is 19.8 Å². The number of pyridine rings is 1. The molecule has 0 spiro atoms. The Hall–Kier alpha value is -1.70. The highest BCUT2D eigenvalue weighted by Gasteiger charge is 2.30. The zero-order valence-corrected chi connectivity index (χ0v) is 19.1. The third-order valence-electron chi connectivity index (χ3n) is 6.97. The first kappa shape index (κ1) is 22.5. The van der Waals surface area contributed by atoms with Crippen LogP contribution in [0.4, 0.5) is 0 Å². The molecule has 31 heavy (non-hydrogen) atoms. The van der Waals surface area contributed by atoms with Gasteiger partial charge >= 0.3 is 0 Å². The van der Waals surface area contributed by atoms with E-state index >= 15 is 0 Å². The molecule has 7 heteroatoms. The summed E-state index contributed by atoms with van der Waals surface area (Å²) in [4.78, 5) is 22.9. The number of aryl methyl sites for hydroxylation is 2. The molecule has 0 saturated carbocycles. The van der Waals surface area contributed by atoms with Gasteiger partial charge < -0.3 is 24.0 Å². The molecule has 3 heterocycles. The van der Waals surface area contributed by atoms with Gasteiger partial charge in [-0.15, -0.1) is 0 Å². The van der Waals surface area contributed by atoms with Crippen molar-refractivity contribution in [3.8, 4) is 5.88 Å². The van der Waals surface area contributed by atoms with Crippen LogP contribution < -0.4 is 4.74 Å². The maximum atomic E-state index is 13.7. The largest absolute Gasteiger partial charge is 0.480 e. The third kappa shape index (κ3) is 5.57. The third-order valence-corrected chi connectivity index (χ3v) is 6.97. The maximum absolute atomic E-state index is 13.7. The average Bonchev–Trinajstić information content (AvgIpc) is 3.48. The van der Waals surface area contributed by atoms with Crippen molar-refractivity contribution >= 4 is 5.91 Å². The van der Waals surface area contributed by atoms with Gasteiger partial charge in [0.1, 0.15) is 5.56 Å². The Balaban J connectivity index is 1.47. The van der Waals surface area contributed by atoms with E-state index in [1.165, 1.54) is 5.56 Å². The minimum Gasteiger partial charge on any atom is -0.480 e. The van der Waals surface area contributed by atoms with Gasteiger partial charge in [0.25, 0.3) is 5.91 Å². The van der Waals surface area contributed by atoms with E-state index in [1.807, 2.05) is 11.0 Å². The molecule has 1 amide bonds. The number of carbonyl (C=O) groups excluding carboxylic acids is 1. The summed E-state index contributed by atoms with van der Waals surface area (Å²) >= 11 is 0. The number of amides is 1. The first-order chi connectivity index (χ1) is 15.2. The molecule has 0 bridgehead atoms. The van der Waals surface area contributed by atoms with Crippen LogP contribution in [-0.4, -0.2) is 87.0 Å². The van der Waals surface area contributed by atoms with Crippen LogP contribution >= 0.6 is 0 Å². The lowest BCUT2D eigenvalue weighted by atomic mass is 9.95. The van der Waals surface area contributed by atoms with Gasteiger partial charge in [-0.3, -0.25) is 4.79 Å². The van der Waals surface area contributed by atoms with E-state index in [9.17, 15) is 4.79 Å². The van der Waals surface area contributed by atoms with Crippen molar-refractivity contribution in [3.63, 3.8) is 0 Å². The maximum Gasteiger partial charge on any atom is 0.259 e. The van der Waals surface area contributed by atoms with Gasteiger partial charge in [-0.1, -0.05) is 0 Å². The molecule has 2 fully saturated rings. The first-order valence-corrected chi connectivity index (χ1v) is 11.9. The fourth-order valence-corrected chi connectivity index (χ4v) is 5.13. The molecule has 0 aromatic carbocycles. The highest BCUT2D eigenvalue weighted by atomic mass is 16.5. The van der Waals surface area contributed by atoms with Gasteiger partial charge in [0, 0.05) is 39.0 Å². The standard InChI is InChI=1S/C24H37N3O4/c1-29-14-12-26-10-8-18(9-11-26)16-27(17-20-6-4-13-31-20)24(28)21-15-19-5-3-7-22(19)25-23(21)30-2/h15,18,20H,3-14,16-17H2,1-2H3. The predicted molar refractivity (Wildman–Crippen MR) is 119 cm³/mol. The normalized spacial score (nSPS) is 21.9. The molecule has 2 aliphatic heterocycles. The van der Waals surface area contributed by atoms with Crippen LogP contribution in [0.15, 0.2) is 6.07 Å². The van der Waals surface area contributed by atoms with Crippen molar-refractivity contribution < 1.29 is 19.0 Å². The highest BCUT2D eigenvalue weighted by Crippen LogP contribution is 2.29. The predicted octanol–water partition coefficient (Wildman–Crippen LogP) is 2.56. The number of hydrogen-bond acceptors (Lipinski definition) is 6. The molecule has 1 unspecified atom stereocenters. The number of piperidine rings is 1. The number of ether oxygens (including phenoxy) is 3. The van der Waals surface area contributed by atoms with Crippen molar-refractivity contribution in [2.75, 3.05) is 60.2 Å². The quantitative estimate of drug-likeness (QED) is 0.599. The first-order valence-electron chi connectivity index (χ1n) is 11.9. The van der Waals surface area contributed by atoms with E-state index in [0.717, 1.165) is 90.0 Å². The van der Waals surface area contributed by atoms with Gasteiger partial charge in [-0.2, -0.15) is 0 Å². The topological polar surface area (TPSA) is 64.1 Å². The molecule has 1 aromatic heterocycles. The second-order valence-electron chi connectivity index (χ2n) is 9.13. The summed E-state index contributed by atoms with van der Waals surface area (Å²) in [5.74, 6) is 1.02. The van der Waals surface area contributed by atoms with Crippen molar-refractivity contribution in [2.24, 2.45) is 5.92 Å². The van der Waals surface area contributed by atoms with E-state index in [2.05, 4.69) is 9.88 Å². The second kappa shape index (κ2) is 10.7. The summed E-state index contributed by atoms with van der Waals surface area (Å²) in [5, 5.41) is 0. The fraction of sp³-hybridized carbons (Fsp3) is 0.750. The van der Waals surface area contributed by atoms with Crippen LogP contribution in [0, 0.1) is 5.92 Å². The lowest BCUT2D eigenvalue weighted by Gasteiger charge is -2.35. The van der Waals surface area contributed by atoms with E-state index < -0.39 is 0 Å².